The van der Waals surface area contributed by atoms with Gasteiger partial charge in [0.1, 0.15) is 12.1 Å². The number of piperidine rings is 1. The number of hydrogen-bond acceptors (Lipinski definition) is 7. The Morgan fingerprint density at radius 3 is 2.08 bits per heavy atom. The van der Waals surface area contributed by atoms with Crippen LogP contribution in [-0.2, 0) is 29.0 Å². The molecule has 50 heavy (non-hydrogen) atoms. The highest BCUT2D eigenvalue weighted by Crippen LogP contribution is 2.65. The number of likely N-dealkylation sites (tertiary alicyclic amines) is 1. The van der Waals surface area contributed by atoms with E-state index in [4.69, 9.17) is 0 Å². The van der Waals surface area contributed by atoms with Crippen LogP contribution in [0, 0.1) is 23.2 Å². The van der Waals surface area contributed by atoms with Gasteiger partial charge in [-0.3, -0.25) is 19.2 Å². The highest BCUT2D eigenvalue weighted by Gasteiger charge is 2.69. The zero-order chi connectivity index (χ0) is 37.1. The molecule has 0 aromatic carbocycles. The number of sulfone groups is 1. The minimum absolute atomic E-state index is 0.0873. The van der Waals surface area contributed by atoms with Crippen molar-refractivity contribution in [2.75, 3.05) is 18.8 Å². The second kappa shape index (κ2) is 15.9. The summed E-state index contributed by atoms with van der Waals surface area (Å²) < 4.78 is 25.8. The van der Waals surface area contributed by atoms with E-state index in [0.29, 0.717) is 45.2 Å². The first-order chi connectivity index (χ1) is 23.4. The van der Waals surface area contributed by atoms with Crippen LogP contribution in [0.15, 0.2) is 0 Å². The topological polar surface area (TPSA) is 171 Å². The third-order valence-corrected chi connectivity index (χ3v) is 14.8. The Bertz CT molecular complexity index is 1380. The molecule has 0 aromatic rings. The lowest BCUT2D eigenvalue weighted by Crippen LogP contribution is -2.63. The molecule has 284 valence electrons. The lowest BCUT2D eigenvalue weighted by Gasteiger charge is -2.41. The first-order valence-corrected chi connectivity index (χ1v) is 20.8. The maximum absolute atomic E-state index is 14.7. The van der Waals surface area contributed by atoms with Gasteiger partial charge >= 0.3 is 6.03 Å². The molecule has 5 amide bonds. The van der Waals surface area contributed by atoms with Crippen LogP contribution in [0.25, 0.3) is 0 Å². The van der Waals surface area contributed by atoms with Crippen LogP contribution in [0.3, 0.4) is 0 Å². The predicted molar refractivity (Wildman–Crippen MR) is 193 cm³/mol. The normalized spacial score (nSPS) is 25.8. The summed E-state index contributed by atoms with van der Waals surface area (Å²) in [5, 5.41) is 11.5. The van der Waals surface area contributed by atoms with Crippen LogP contribution < -0.4 is 21.3 Å². The number of fused-ring (bicyclic) bond motifs is 1. The average molecular weight is 722 g/mol. The molecular formula is C37H63N5O7S. The summed E-state index contributed by atoms with van der Waals surface area (Å²) in [4.78, 5) is 69.9. The van der Waals surface area contributed by atoms with Crippen LogP contribution in [0.4, 0.5) is 4.79 Å². The number of amides is 5. The van der Waals surface area contributed by atoms with Crippen LogP contribution in [0.1, 0.15) is 132 Å². The number of nitrogens with one attached hydrogen (secondary N) is 4. The van der Waals surface area contributed by atoms with Crippen LogP contribution in [0.5, 0.6) is 0 Å². The van der Waals surface area contributed by atoms with E-state index in [2.05, 4.69) is 35.1 Å². The minimum Gasteiger partial charge on any atom is -0.349 e. The number of carbonyl (C=O) groups excluding carboxylic acids is 5. The van der Waals surface area contributed by atoms with Crippen molar-refractivity contribution in [3.8, 4) is 0 Å². The van der Waals surface area contributed by atoms with Crippen molar-refractivity contribution in [3.05, 3.63) is 0 Å². The molecule has 4 fully saturated rings. The summed E-state index contributed by atoms with van der Waals surface area (Å²) in [6, 6.07) is -3.29. The fourth-order valence-corrected chi connectivity index (χ4v) is 10.2. The standard InChI is InChI=1S/C37H63N5O7S/c1-8-16-26(30(43)32(45)38-21-9-2)39-31(44)29-27-25(36(27,6)7)22-42(29)33(46)28(24-17-12-10-13-18-24)40-34(47)41-37(19-14-11-15-20-37)23-50(48,49)35(3,4)5/h24-29H,8-23H2,1-7H3,(H,38,45)(H,39,44)(H2,40,41,47)/t25?,26?,27-,28-,29-/m0/s1. The predicted octanol–water partition coefficient (Wildman–Crippen LogP) is 4.01. The Morgan fingerprint density at radius 1 is 0.880 bits per heavy atom. The maximum Gasteiger partial charge on any atom is 0.315 e. The molecule has 12 nitrogen and oxygen atoms in total. The first-order valence-electron chi connectivity index (χ1n) is 19.1. The molecule has 2 unspecified atom stereocenters. The first kappa shape index (κ1) is 40.1. The fraction of sp³-hybridized carbons (Fsp3) is 0.865. The number of Topliss-reactive ketones (excluding diaryl/α,β-unsaturated/α-hetero) is 1. The molecule has 4 rings (SSSR count). The van der Waals surface area contributed by atoms with Gasteiger partial charge in [0.25, 0.3) is 5.91 Å². The second-order valence-electron chi connectivity index (χ2n) is 17.0. The molecule has 0 aromatic heterocycles. The van der Waals surface area contributed by atoms with E-state index in [-0.39, 0.29) is 34.8 Å². The van der Waals surface area contributed by atoms with Crippen molar-refractivity contribution >= 4 is 39.4 Å². The van der Waals surface area contributed by atoms with E-state index in [9.17, 15) is 32.4 Å². The van der Waals surface area contributed by atoms with E-state index >= 15 is 0 Å². The van der Waals surface area contributed by atoms with Gasteiger partial charge in [0.15, 0.2) is 9.84 Å². The van der Waals surface area contributed by atoms with Gasteiger partial charge in [-0.15, -0.1) is 0 Å². The zero-order valence-electron chi connectivity index (χ0n) is 31.5. The molecule has 1 aliphatic heterocycles. The fourth-order valence-electron chi connectivity index (χ4n) is 8.67. The highest BCUT2D eigenvalue weighted by atomic mass is 32.2. The number of rotatable bonds is 14. The summed E-state index contributed by atoms with van der Waals surface area (Å²) in [5.41, 5.74) is -1.11. The SMILES string of the molecule is CCCNC(=O)C(=O)C(CCC)NC(=O)[C@@H]1[C@@H]2C(CN1C(=O)[C@@H](NC(=O)NC1(CS(=O)(=O)C(C)(C)C)CCCCC1)C1CCCCC1)C2(C)C. The van der Waals surface area contributed by atoms with Crippen molar-refractivity contribution in [1.29, 1.82) is 0 Å². The van der Waals surface area contributed by atoms with Crippen molar-refractivity contribution in [3.63, 3.8) is 0 Å². The smallest absolute Gasteiger partial charge is 0.315 e. The molecule has 4 aliphatic rings. The summed E-state index contributed by atoms with van der Waals surface area (Å²) in [6.07, 6.45) is 9.59. The Balaban J connectivity index is 1.57. The molecule has 5 atom stereocenters. The Labute approximate surface area is 299 Å². The van der Waals surface area contributed by atoms with Crippen LogP contribution >= 0.6 is 0 Å². The summed E-state index contributed by atoms with van der Waals surface area (Å²) in [6.45, 7) is 13.7. The average Bonchev–Trinajstić information content (AvgIpc) is 3.36. The van der Waals surface area contributed by atoms with Crippen molar-refractivity contribution < 1.29 is 32.4 Å². The van der Waals surface area contributed by atoms with E-state index < -0.39 is 61.9 Å². The van der Waals surface area contributed by atoms with Gasteiger partial charge < -0.3 is 26.2 Å². The molecule has 4 N–H and O–H groups in total. The number of hydrogen-bond donors (Lipinski definition) is 4. The van der Waals surface area contributed by atoms with Gasteiger partial charge in [-0.2, -0.15) is 0 Å². The van der Waals surface area contributed by atoms with E-state index in [1.165, 1.54) is 0 Å². The molecule has 0 radical (unpaired) electrons. The monoisotopic (exact) mass is 721 g/mol. The number of urea groups is 1. The quantitative estimate of drug-likeness (QED) is 0.196. The largest absolute Gasteiger partial charge is 0.349 e. The van der Waals surface area contributed by atoms with Gasteiger partial charge in [0.05, 0.1) is 22.1 Å². The van der Waals surface area contributed by atoms with Gasteiger partial charge in [-0.1, -0.05) is 72.6 Å². The van der Waals surface area contributed by atoms with E-state index in [1.807, 2.05) is 13.8 Å². The third-order valence-electron chi connectivity index (χ3n) is 12.0. The molecular weight excluding hydrogens is 659 g/mol. The summed E-state index contributed by atoms with van der Waals surface area (Å²) >= 11 is 0. The lowest BCUT2D eigenvalue weighted by atomic mass is 9.82. The lowest BCUT2D eigenvalue weighted by molar-refractivity contribution is -0.144. The summed E-state index contributed by atoms with van der Waals surface area (Å²) in [5.74, 6) is -2.53. The van der Waals surface area contributed by atoms with Crippen molar-refractivity contribution in [1.82, 2.24) is 26.2 Å². The Morgan fingerprint density at radius 2 is 1.50 bits per heavy atom. The molecule has 0 spiro atoms. The summed E-state index contributed by atoms with van der Waals surface area (Å²) in [7, 11) is -3.55. The van der Waals surface area contributed by atoms with Crippen LogP contribution in [0.2, 0.25) is 0 Å². The Kier molecular flexibility index (Phi) is 12.7. The maximum atomic E-state index is 14.7. The van der Waals surface area contributed by atoms with E-state index in [1.54, 1.807) is 25.7 Å². The molecule has 0 bridgehead atoms. The molecule has 13 heteroatoms. The van der Waals surface area contributed by atoms with E-state index in [0.717, 1.165) is 51.4 Å². The van der Waals surface area contributed by atoms with Crippen molar-refractivity contribution in [2.45, 2.75) is 160 Å². The van der Waals surface area contributed by atoms with Crippen LogP contribution in [-0.4, -0.2) is 90.1 Å². The van der Waals surface area contributed by atoms with Gasteiger partial charge in [-0.25, -0.2) is 13.2 Å². The molecule has 1 heterocycles. The van der Waals surface area contributed by atoms with Gasteiger partial charge in [-0.05, 0) is 82.5 Å². The number of carbonyl (C=O) groups is 5. The molecule has 3 aliphatic carbocycles. The number of nitrogens with zero attached hydrogens (tertiary/aromatic N) is 1. The van der Waals surface area contributed by atoms with Crippen molar-refractivity contribution in [2.24, 2.45) is 23.2 Å². The third kappa shape index (κ3) is 8.84. The van der Waals surface area contributed by atoms with Gasteiger partial charge in [0, 0.05) is 13.1 Å². The number of ketones is 1. The molecule has 1 saturated heterocycles. The minimum atomic E-state index is -3.55. The molecule has 3 saturated carbocycles. The Hall–Kier alpha value is -2.70. The van der Waals surface area contributed by atoms with Gasteiger partial charge in [0.2, 0.25) is 17.6 Å². The second-order valence-corrected chi connectivity index (χ2v) is 19.8. The highest BCUT2D eigenvalue weighted by molar-refractivity contribution is 7.92. The zero-order valence-corrected chi connectivity index (χ0v) is 32.3.